The molecule has 0 aromatic heterocycles. The number of carbonyl (C=O) groups is 4. The minimum absolute atomic E-state index is 0.110. The molecule has 1 unspecified atom stereocenters. The lowest BCUT2D eigenvalue weighted by Gasteiger charge is -2.71. The summed E-state index contributed by atoms with van der Waals surface area (Å²) in [7, 11) is 0. The third-order valence-corrected chi connectivity index (χ3v) is 16.7. The van der Waals surface area contributed by atoms with E-state index < -0.39 is 58.3 Å². The van der Waals surface area contributed by atoms with Crippen LogP contribution in [0.15, 0.2) is 40.4 Å². The van der Waals surface area contributed by atoms with Crippen molar-refractivity contribution in [3.05, 3.63) is 46.0 Å². The summed E-state index contributed by atoms with van der Waals surface area (Å²) in [6.45, 7) is 18.3. The first-order valence-corrected chi connectivity index (χ1v) is 21.7. The molecule has 1 aromatic rings. The largest absolute Gasteiger partial charge is 0.481 e. The number of amides is 1. The highest BCUT2D eigenvalue weighted by Crippen LogP contribution is 2.75. The van der Waals surface area contributed by atoms with Crippen LogP contribution in [0.4, 0.5) is 0 Å². The summed E-state index contributed by atoms with van der Waals surface area (Å²) in [5, 5.41) is 13.9. The number of benzene rings is 1. The van der Waals surface area contributed by atoms with Crippen molar-refractivity contribution >= 4 is 39.7 Å². The van der Waals surface area contributed by atoms with Gasteiger partial charge in [-0.15, -0.1) is 0 Å². The zero-order valence-corrected chi connectivity index (χ0v) is 36.3. The van der Waals surface area contributed by atoms with Gasteiger partial charge < -0.3 is 30.4 Å². The van der Waals surface area contributed by atoms with Gasteiger partial charge in [0.1, 0.15) is 18.2 Å². The Hall–Kier alpha value is -2.76. The maximum atomic E-state index is 13.7. The number of allylic oxidation sites excluding steroid dienone is 1. The van der Waals surface area contributed by atoms with Crippen LogP contribution in [-0.4, -0.2) is 66.9 Å². The highest BCUT2D eigenvalue weighted by Gasteiger charge is 2.72. The van der Waals surface area contributed by atoms with Gasteiger partial charge in [0.25, 0.3) is 5.91 Å². The molecule has 11 heteroatoms. The van der Waals surface area contributed by atoms with Crippen LogP contribution < -0.4 is 11.1 Å². The number of halogens is 1. The zero-order valence-electron chi connectivity index (χ0n) is 34.8. The number of esters is 2. The van der Waals surface area contributed by atoms with E-state index in [1.165, 1.54) is 12.5 Å². The lowest BCUT2D eigenvalue weighted by molar-refractivity contribution is -0.263. The normalized spacial score (nSPS) is 38.5. The lowest BCUT2D eigenvalue weighted by atomic mass is 9.34. The average molecular weight is 842 g/mol. The Morgan fingerprint density at radius 1 is 1.02 bits per heavy atom. The number of carboxylic acid groups (broad SMARTS) is 1. The van der Waals surface area contributed by atoms with E-state index in [4.69, 9.17) is 19.9 Å². The average Bonchev–Trinajstić information content (AvgIpc) is 3.12. The third-order valence-electron chi connectivity index (χ3n) is 16.2. The number of aliphatic carboxylic acids is 1. The number of carbonyl (C=O) groups excluding carboxylic acids is 3. The summed E-state index contributed by atoms with van der Waals surface area (Å²) in [4.78, 5) is 52.4. The fraction of sp³-hybridized carbons (Fsp3) is 0.733. The molecule has 0 radical (unpaired) electrons. The van der Waals surface area contributed by atoms with E-state index in [-0.39, 0.29) is 34.5 Å². The third kappa shape index (κ3) is 7.07. The molecule has 56 heavy (non-hydrogen) atoms. The maximum Gasteiger partial charge on any atom is 0.323 e. The van der Waals surface area contributed by atoms with Gasteiger partial charge in [-0.25, -0.2) is 0 Å². The van der Waals surface area contributed by atoms with E-state index in [0.29, 0.717) is 63.3 Å². The molecule has 5 aliphatic rings. The molecule has 1 aromatic carbocycles. The minimum atomic E-state index is -0.874. The van der Waals surface area contributed by atoms with Gasteiger partial charge in [-0.3, -0.25) is 19.2 Å². The highest BCUT2D eigenvalue weighted by atomic mass is 79.9. The lowest BCUT2D eigenvalue weighted by Crippen LogP contribution is -2.70. The molecule has 0 spiro atoms. The highest BCUT2D eigenvalue weighted by molar-refractivity contribution is 9.10. The maximum absolute atomic E-state index is 13.7. The SMILES string of the molecule is CC(=O)O[C@@H]1C[C@@]23COC[C@](C)([C@@H]2CC[C@H]2C3=CC[C@@]3(C)[C@H](C(=O)O)[C@@](C)([C@H](C)C(C)C)CC[C@]23C)[C@H]1OC(=O)C(N)CCCCNC(=O)c1cccc(Br)c1. The summed E-state index contributed by atoms with van der Waals surface area (Å²) in [6.07, 6.45) is 7.33. The molecule has 4 fully saturated rings. The second-order valence-corrected chi connectivity index (χ2v) is 20.3. The van der Waals surface area contributed by atoms with Gasteiger partial charge in [-0.05, 0) is 116 Å². The van der Waals surface area contributed by atoms with Gasteiger partial charge in [-0.1, -0.05) is 82.1 Å². The van der Waals surface area contributed by atoms with Crippen LogP contribution in [0, 0.1) is 56.7 Å². The van der Waals surface area contributed by atoms with Gasteiger partial charge >= 0.3 is 17.9 Å². The predicted molar refractivity (Wildman–Crippen MR) is 217 cm³/mol. The van der Waals surface area contributed by atoms with Crippen LogP contribution in [0.5, 0.6) is 0 Å². The van der Waals surface area contributed by atoms with E-state index in [0.717, 1.165) is 30.2 Å². The van der Waals surface area contributed by atoms with E-state index in [1.54, 1.807) is 12.1 Å². The number of unbranched alkanes of at least 4 members (excludes halogenated alkanes) is 1. The van der Waals surface area contributed by atoms with Crippen molar-refractivity contribution < 1.29 is 38.5 Å². The number of fused-ring (bicyclic) bond motifs is 3. The summed E-state index contributed by atoms with van der Waals surface area (Å²) in [5.74, 6) is -1.40. The molecule has 3 saturated carbocycles. The Bertz CT molecular complexity index is 1730. The summed E-state index contributed by atoms with van der Waals surface area (Å²) in [5.41, 5.74) is 6.23. The van der Waals surface area contributed by atoms with Crippen LogP contribution in [0.1, 0.15) is 124 Å². The fourth-order valence-corrected chi connectivity index (χ4v) is 13.3. The van der Waals surface area contributed by atoms with Gasteiger partial charge in [-0.2, -0.15) is 0 Å². The smallest absolute Gasteiger partial charge is 0.323 e. The Labute approximate surface area is 341 Å². The van der Waals surface area contributed by atoms with E-state index in [1.807, 2.05) is 12.1 Å². The predicted octanol–water partition coefficient (Wildman–Crippen LogP) is 8.11. The van der Waals surface area contributed by atoms with Crippen LogP contribution >= 0.6 is 15.9 Å². The molecular formula is C45H65BrN2O8. The summed E-state index contributed by atoms with van der Waals surface area (Å²) in [6, 6.07) is 6.32. The Morgan fingerprint density at radius 3 is 2.41 bits per heavy atom. The van der Waals surface area contributed by atoms with E-state index in [9.17, 15) is 24.3 Å². The molecule has 1 saturated heterocycles. The number of hydrogen-bond donors (Lipinski definition) is 3. The zero-order chi connectivity index (χ0) is 41.0. The number of ether oxygens (including phenoxy) is 3. The van der Waals surface area contributed by atoms with Crippen LogP contribution in [0.3, 0.4) is 0 Å². The molecule has 10 nitrogen and oxygen atoms in total. The molecule has 1 aliphatic heterocycles. The Morgan fingerprint density at radius 2 is 1.75 bits per heavy atom. The number of carboxylic acids is 1. The number of nitrogens with two attached hydrogens (primary N) is 1. The fourth-order valence-electron chi connectivity index (χ4n) is 12.9. The van der Waals surface area contributed by atoms with Crippen LogP contribution in [0.25, 0.3) is 0 Å². The number of rotatable bonds is 12. The first-order chi connectivity index (χ1) is 26.2. The molecule has 12 atom stereocenters. The Balaban J connectivity index is 1.21. The molecule has 1 amide bonds. The standard InChI is InChI=1S/C45H65BrN2O8/c1-26(2)27(3)41(5)19-20-43(7)31-15-16-35-42(6)24-54-25-45(35,32(31)17-18-44(43,8)36(41)39(51)52)23-34(55-28(4)49)37(42)56-40(53)33(47)14-9-10-21-48-38(50)29-12-11-13-30(46)22-29/h11-13,17,22,26-27,31,33-37H,9-10,14-16,18-21,23-25,47H2,1-8H3,(H,48,50)(H,51,52)/t27-,31+,33?,34-,35+,36-,37+,41-,42-,43-,44+,45+/m1/s1. The van der Waals surface area contributed by atoms with Crippen molar-refractivity contribution in [1.82, 2.24) is 5.32 Å². The van der Waals surface area contributed by atoms with Gasteiger partial charge in [0.15, 0.2) is 0 Å². The van der Waals surface area contributed by atoms with E-state index in [2.05, 4.69) is 75.8 Å². The Kier molecular flexibility index (Phi) is 12.1. The van der Waals surface area contributed by atoms with E-state index >= 15 is 0 Å². The molecule has 4 N–H and O–H groups in total. The molecule has 6 rings (SSSR count). The molecule has 310 valence electrons. The first kappa shape index (κ1) is 42.8. The number of hydrogen-bond acceptors (Lipinski definition) is 8. The summed E-state index contributed by atoms with van der Waals surface area (Å²) >= 11 is 3.39. The summed E-state index contributed by atoms with van der Waals surface area (Å²) < 4.78 is 19.8. The number of nitrogens with one attached hydrogen (secondary N) is 1. The van der Waals surface area contributed by atoms with Crippen molar-refractivity contribution in [3.63, 3.8) is 0 Å². The van der Waals surface area contributed by atoms with Crippen LogP contribution in [0.2, 0.25) is 0 Å². The quantitative estimate of drug-likeness (QED) is 0.108. The van der Waals surface area contributed by atoms with Gasteiger partial charge in [0.05, 0.1) is 19.1 Å². The molecular weight excluding hydrogens is 776 g/mol. The second-order valence-electron chi connectivity index (χ2n) is 19.4. The van der Waals surface area contributed by atoms with Gasteiger partial charge in [0, 0.05) is 34.3 Å². The second kappa shape index (κ2) is 15.8. The minimum Gasteiger partial charge on any atom is -0.481 e. The molecule has 1 heterocycles. The molecule has 2 bridgehead atoms. The van der Waals surface area contributed by atoms with Crippen molar-refractivity contribution in [2.24, 2.45) is 62.4 Å². The van der Waals surface area contributed by atoms with Crippen molar-refractivity contribution in [3.8, 4) is 0 Å². The van der Waals surface area contributed by atoms with Crippen molar-refractivity contribution in [2.45, 2.75) is 131 Å². The van der Waals surface area contributed by atoms with Crippen molar-refractivity contribution in [2.75, 3.05) is 19.8 Å². The molecule has 4 aliphatic carbocycles. The van der Waals surface area contributed by atoms with Gasteiger partial charge in [0.2, 0.25) is 0 Å². The van der Waals surface area contributed by atoms with Crippen molar-refractivity contribution in [1.29, 1.82) is 0 Å². The monoisotopic (exact) mass is 840 g/mol. The first-order valence-electron chi connectivity index (χ1n) is 20.9. The van der Waals surface area contributed by atoms with Crippen LogP contribution in [-0.2, 0) is 28.6 Å². The topological polar surface area (TPSA) is 154 Å².